The summed E-state index contributed by atoms with van der Waals surface area (Å²) in [5.74, 6) is -0.530. The van der Waals surface area contributed by atoms with E-state index in [9.17, 15) is 35.9 Å². The van der Waals surface area contributed by atoms with Crippen molar-refractivity contribution in [1.29, 1.82) is 0 Å². The quantitative estimate of drug-likeness (QED) is 0.243. The molecule has 0 saturated carbocycles. The number of rotatable bonds is 9. The van der Waals surface area contributed by atoms with E-state index in [4.69, 9.17) is 9.47 Å². The minimum absolute atomic E-state index is 0.0387. The SMILES string of the molecule is CCOC(=O)N1c2c(cc(C)nc2C)C(N(Cc2cc(C(F)(F)F)cc(C(F)(F)F)c2)c2ncc(NC(=O)COC)cn2)CC1CC. The standard InChI is InChI=1S/C31H34F6N6O4/c1-6-23-12-25(24-8-17(3)40-18(4)27(24)43(23)29(45)47-7-2)42(28-38-13-22(14-39-28)41-26(44)16-46-5)15-19-9-20(30(32,33)34)11-21(10-19)31(35,36)37/h8-11,13-14,23,25H,6-7,12,15-16H2,1-5H3,(H,41,44). The van der Waals surface area contributed by atoms with Gasteiger partial charge in [-0.3, -0.25) is 14.7 Å². The summed E-state index contributed by atoms with van der Waals surface area (Å²) >= 11 is 0. The smallest absolute Gasteiger partial charge is 0.416 e. The summed E-state index contributed by atoms with van der Waals surface area (Å²) in [6.45, 7) is 6.33. The Morgan fingerprint density at radius 2 is 1.62 bits per heavy atom. The van der Waals surface area contributed by atoms with Gasteiger partial charge in [0.05, 0.1) is 53.2 Å². The third-order valence-electron chi connectivity index (χ3n) is 7.55. The second kappa shape index (κ2) is 14.1. The minimum Gasteiger partial charge on any atom is -0.449 e. The largest absolute Gasteiger partial charge is 0.449 e. The van der Waals surface area contributed by atoms with E-state index in [-0.39, 0.29) is 42.9 Å². The summed E-state index contributed by atoms with van der Waals surface area (Å²) in [7, 11) is 1.34. The Hall–Kier alpha value is -4.47. The maximum absolute atomic E-state index is 13.8. The van der Waals surface area contributed by atoms with Crippen LogP contribution in [0.2, 0.25) is 0 Å². The number of carbonyl (C=O) groups excluding carboxylic acids is 2. The number of anilines is 3. The zero-order valence-electron chi connectivity index (χ0n) is 26.3. The number of hydrogen-bond acceptors (Lipinski definition) is 8. The Kier molecular flexibility index (Phi) is 10.6. The van der Waals surface area contributed by atoms with Gasteiger partial charge < -0.3 is 19.7 Å². The fraction of sp³-hybridized carbons (Fsp3) is 0.452. The number of fused-ring (bicyclic) bond motifs is 1. The van der Waals surface area contributed by atoms with E-state index in [0.717, 1.165) is 0 Å². The van der Waals surface area contributed by atoms with Crippen molar-refractivity contribution in [2.45, 2.75) is 71.5 Å². The van der Waals surface area contributed by atoms with Crippen LogP contribution in [0.4, 0.5) is 48.5 Å². The van der Waals surface area contributed by atoms with Crippen LogP contribution in [-0.4, -0.2) is 53.3 Å². The highest BCUT2D eigenvalue weighted by molar-refractivity contribution is 5.92. The molecule has 0 spiro atoms. The lowest BCUT2D eigenvalue weighted by molar-refractivity contribution is -0.143. The van der Waals surface area contributed by atoms with Gasteiger partial charge in [0.1, 0.15) is 6.61 Å². The molecular formula is C31H34F6N6O4. The fourth-order valence-corrected chi connectivity index (χ4v) is 5.66. The van der Waals surface area contributed by atoms with Gasteiger partial charge in [-0.05, 0) is 63.4 Å². The number of pyridine rings is 1. The number of hydrogen-bond donors (Lipinski definition) is 1. The summed E-state index contributed by atoms with van der Waals surface area (Å²) in [6.07, 6.45) is -7.54. The van der Waals surface area contributed by atoms with Crippen molar-refractivity contribution >= 4 is 29.3 Å². The number of benzene rings is 1. The molecule has 10 nitrogen and oxygen atoms in total. The maximum Gasteiger partial charge on any atom is 0.416 e. The molecule has 0 bridgehead atoms. The first kappa shape index (κ1) is 35.4. The van der Waals surface area contributed by atoms with E-state index in [0.29, 0.717) is 41.2 Å². The van der Waals surface area contributed by atoms with E-state index in [2.05, 4.69) is 20.3 Å². The number of amides is 2. The van der Waals surface area contributed by atoms with Gasteiger partial charge in [-0.1, -0.05) is 6.92 Å². The average Bonchev–Trinajstić information content (AvgIpc) is 2.99. The molecule has 3 aromatic rings. The predicted octanol–water partition coefficient (Wildman–Crippen LogP) is 7.00. The summed E-state index contributed by atoms with van der Waals surface area (Å²) in [4.78, 5) is 41.5. The van der Waals surface area contributed by atoms with E-state index >= 15 is 0 Å². The highest BCUT2D eigenvalue weighted by atomic mass is 19.4. The number of carbonyl (C=O) groups is 2. The molecule has 0 aliphatic carbocycles. The number of alkyl halides is 6. The first-order valence-corrected chi connectivity index (χ1v) is 14.7. The number of ether oxygens (including phenoxy) is 2. The Bertz CT molecular complexity index is 1570. The minimum atomic E-state index is -5.05. The number of nitrogens with zero attached hydrogens (tertiary/aromatic N) is 5. The third-order valence-corrected chi connectivity index (χ3v) is 7.55. The molecule has 2 aromatic heterocycles. The highest BCUT2D eigenvalue weighted by Crippen LogP contribution is 2.45. The zero-order valence-corrected chi connectivity index (χ0v) is 26.3. The molecule has 0 saturated heterocycles. The van der Waals surface area contributed by atoms with Gasteiger partial charge in [0.15, 0.2) is 0 Å². The Morgan fingerprint density at radius 3 is 2.15 bits per heavy atom. The molecule has 0 fully saturated rings. The lowest BCUT2D eigenvalue weighted by atomic mass is 9.88. The molecule has 4 rings (SSSR count). The van der Waals surface area contributed by atoms with Gasteiger partial charge in [0.25, 0.3) is 0 Å². The van der Waals surface area contributed by atoms with Crippen LogP contribution in [0.15, 0.2) is 36.7 Å². The van der Waals surface area contributed by atoms with Crippen molar-refractivity contribution in [3.8, 4) is 0 Å². The van der Waals surface area contributed by atoms with E-state index in [1.807, 2.05) is 6.92 Å². The molecule has 16 heteroatoms. The van der Waals surface area contributed by atoms with Gasteiger partial charge in [0, 0.05) is 31.0 Å². The lowest BCUT2D eigenvalue weighted by Crippen LogP contribution is -2.48. The normalized spacial score (nSPS) is 16.4. The number of nitrogens with one attached hydrogen (secondary N) is 1. The molecule has 1 N–H and O–H groups in total. The van der Waals surface area contributed by atoms with Gasteiger partial charge in [-0.25, -0.2) is 14.8 Å². The van der Waals surface area contributed by atoms with Crippen molar-refractivity contribution < 1.29 is 45.4 Å². The van der Waals surface area contributed by atoms with Crippen molar-refractivity contribution in [2.75, 3.05) is 35.4 Å². The van der Waals surface area contributed by atoms with Crippen LogP contribution in [0.5, 0.6) is 0 Å². The van der Waals surface area contributed by atoms with Crippen LogP contribution in [0.1, 0.15) is 66.4 Å². The molecular weight excluding hydrogens is 634 g/mol. The molecule has 1 aromatic carbocycles. The van der Waals surface area contributed by atoms with Gasteiger partial charge in [-0.2, -0.15) is 26.3 Å². The van der Waals surface area contributed by atoms with Crippen LogP contribution >= 0.6 is 0 Å². The number of halogens is 6. The molecule has 1 aliphatic rings. The molecule has 2 amide bonds. The summed E-state index contributed by atoms with van der Waals surface area (Å²) < 4.78 is 93.0. The topological polar surface area (TPSA) is 110 Å². The molecule has 2 unspecified atom stereocenters. The fourth-order valence-electron chi connectivity index (χ4n) is 5.66. The van der Waals surface area contributed by atoms with Crippen molar-refractivity contribution in [2.24, 2.45) is 0 Å². The summed E-state index contributed by atoms with van der Waals surface area (Å²) in [5, 5.41) is 2.54. The molecule has 3 heterocycles. The Balaban J connectivity index is 1.91. The van der Waals surface area contributed by atoms with Gasteiger partial charge in [0.2, 0.25) is 11.9 Å². The third kappa shape index (κ3) is 8.10. The highest BCUT2D eigenvalue weighted by Gasteiger charge is 2.42. The molecule has 47 heavy (non-hydrogen) atoms. The number of methoxy groups -OCH3 is 1. The van der Waals surface area contributed by atoms with Crippen molar-refractivity contribution in [1.82, 2.24) is 15.0 Å². The second-order valence-electron chi connectivity index (χ2n) is 11.0. The predicted molar refractivity (Wildman–Crippen MR) is 160 cm³/mol. The van der Waals surface area contributed by atoms with Crippen LogP contribution < -0.4 is 15.1 Å². The summed E-state index contributed by atoms with van der Waals surface area (Å²) in [5.41, 5.74) is -1.01. The second-order valence-corrected chi connectivity index (χ2v) is 11.0. The molecule has 1 aliphatic heterocycles. The first-order chi connectivity index (χ1) is 22.1. The average molecular weight is 669 g/mol. The zero-order chi connectivity index (χ0) is 34.7. The van der Waals surface area contributed by atoms with Gasteiger partial charge >= 0.3 is 18.4 Å². The van der Waals surface area contributed by atoms with Crippen molar-refractivity contribution in [3.05, 3.63) is 70.3 Å². The monoisotopic (exact) mass is 668 g/mol. The van der Waals surface area contributed by atoms with E-state index < -0.39 is 54.1 Å². The summed E-state index contributed by atoms with van der Waals surface area (Å²) in [6, 6.07) is 1.88. The van der Waals surface area contributed by atoms with Gasteiger partial charge in [-0.15, -0.1) is 0 Å². The Morgan fingerprint density at radius 1 is 1.00 bits per heavy atom. The Labute approximate surface area is 267 Å². The maximum atomic E-state index is 13.8. The van der Waals surface area contributed by atoms with E-state index in [1.54, 1.807) is 26.8 Å². The lowest BCUT2D eigenvalue weighted by Gasteiger charge is -2.44. The van der Waals surface area contributed by atoms with E-state index in [1.165, 1.54) is 29.3 Å². The number of aryl methyl sites for hydroxylation is 2. The van der Waals surface area contributed by atoms with Crippen molar-refractivity contribution in [3.63, 3.8) is 0 Å². The van der Waals surface area contributed by atoms with Crippen LogP contribution in [0.25, 0.3) is 0 Å². The molecule has 0 radical (unpaired) electrons. The molecule has 2 atom stereocenters. The first-order valence-electron chi connectivity index (χ1n) is 14.7. The van der Waals surface area contributed by atoms with Crippen LogP contribution in [0, 0.1) is 13.8 Å². The molecule has 254 valence electrons. The number of aromatic nitrogens is 3. The van der Waals surface area contributed by atoms with Crippen LogP contribution in [-0.2, 0) is 33.2 Å². The van der Waals surface area contributed by atoms with Crippen LogP contribution in [0.3, 0.4) is 0 Å².